The van der Waals surface area contributed by atoms with Crippen LogP contribution in [0.4, 0.5) is 10.1 Å². The number of rotatable bonds is 4. The van der Waals surface area contributed by atoms with Crippen LogP contribution in [0, 0.1) is 5.82 Å². The number of nitrogens with one attached hydrogen (secondary N) is 1. The van der Waals surface area contributed by atoms with E-state index in [9.17, 15) is 19.4 Å². The number of nitrogens with zero attached hydrogens (tertiary/aromatic N) is 3. The molecule has 1 saturated heterocycles. The fourth-order valence-electron chi connectivity index (χ4n) is 2.87. The summed E-state index contributed by atoms with van der Waals surface area (Å²) in [6.45, 7) is 0.134. The average molecular weight is 369 g/mol. The van der Waals surface area contributed by atoms with E-state index < -0.39 is 23.6 Å². The molecule has 1 fully saturated rings. The van der Waals surface area contributed by atoms with Crippen molar-refractivity contribution in [2.75, 3.05) is 11.4 Å². The van der Waals surface area contributed by atoms with Gasteiger partial charge in [-0.25, -0.2) is 4.39 Å². The number of amides is 1. The highest BCUT2D eigenvalue weighted by molar-refractivity contribution is 6.30. The molecule has 0 saturated carbocycles. The Morgan fingerprint density at radius 1 is 1.56 bits per heavy atom. The first-order valence-electron chi connectivity index (χ1n) is 7.70. The number of aromatic nitrogens is 2. The highest BCUT2D eigenvalue weighted by atomic mass is 35.5. The molecule has 1 aliphatic heterocycles. The van der Waals surface area contributed by atoms with Gasteiger partial charge in [-0.15, -0.1) is 0 Å². The molecular formula is C16H18ClFN4O3. The molecule has 25 heavy (non-hydrogen) atoms. The maximum atomic E-state index is 13.9. The van der Waals surface area contributed by atoms with Crippen molar-refractivity contribution in [3.05, 3.63) is 47.0 Å². The van der Waals surface area contributed by atoms with Gasteiger partial charge < -0.3 is 20.4 Å². The van der Waals surface area contributed by atoms with E-state index in [1.54, 1.807) is 24.0 Å². The van der Waals surface area contributed by atoms with Crippen LogP contribution in [-0.2, 0) is 18.4 Å². The highest BCUT2D eigenvalue weighted by Crippen LogP contribution is 2.31. The summed E-state index contributed by atoms with van der Waals surface area (Å²) in [5.41, 5.74) is -1.20. The smallest absolute Gasteiger partial charge is 0.257 e. The summed E-state index contributed by atoms with van der Waals surface area (Å²) in [5.74, 6) is -1.40. The molecule has 1 amide bonds. The summed E-state index contributed by atoms with van der Waals surface area (Å²) in [7, 11) is 1.73. The van der Waals surface area contributed by atoms with E-state index in [4.69, 9.17) is 11.6 Å². The predicted molar refractivity (Wildman–Crippen MR) is 89.4 cm³/mol. The van der Waals surface area contributed by atoms with Crippen molar-refractivity contribution in [3.63, 3.8) is 0 Å². The Kier molecular flexibility index (Phi) is 4.68. The van der Waals surface area contributed by atoms with Crippen LogP contribution in [0.1, 0.15) is 12.0 Å². The standard InChI is InChI=1S/C16H18ClFN4O3/c1-21-9-11(8-20-21)22-6-5-16(25,15(22)24)14(23)19-7-10-3-2-4-12(17)13(10)18/h2-4,8-9,15,24-25H,5-7H2,1H3,(H,19,23). The van der Waals surface area contributed by atoms with Gasteiger partial charge in [0.05, 0.1) is 16.9 Å². The Hall–Kier alpha value is -2.16. The lowest BCUT2D eigenvalue weighted by molar-refractivity contribution is -0.148. The number of benzene rings is 1. The van der Waals surface area contributed by atoms with Crippen molar-refractivity contribution in [1.29, 1.82) is 0 Å². The van der Waals surface area contributed by atoms with Crippen LogP contribution < -0.4 is 10.2 Å². The Balaban J connectivity index is 1.70. The lowest BCUT2D eigenvalue weighted by atomic mass is 10.00. The van der Waals surface area contributed by atoms with Crippen LogP contribution in [0.2, 0.25) is 5.02 Å². The second-order valence-corrected chi connectivity index (χ2v) is 6.42. The van der Waals surface area contributed by atoms with E-state index in [1.807, 2.05) is 0 Å². The molecule has 2 heterocycles. The monoisotopic (exact) mass is 368 g/mol. The molecule has 7 nitrogen and oxygen atoms in total. The van der Waals surface area contributed by atoms with Gasteiger partial charge in [0.1, 0.15) is 5.82 Å². The number of aliphatic hydroxyl groups is 2. The number of halogens is 2. The number of aryl methyl sites for hydroxylation is 1. The maximum absolute atomic E-state index is 13.9. The molecule has 0 spiro atoms. The van der Waals surface area contributed by atoms with Crippen molar-refractivity contribution in [1.82, 2.24) is 15.1 Å². The summed E-state index contributed by atoms with van der Waals surface area (Å²) in [5, 5.41) is 27.5. The van der Waals surface area contributed by atoms with Crippen LogP contribution in [-0.4, -0.2) is 44.3 Å². The lowest BCUT2D eigenvalue weighted by Gasteiger charge is -2.29. The molecule has 3 rings (SSSR count). The zero-order valence-corrected chi connectivity index (χ0v) is 14.2. The molecule has 134 valence electrons. The summed E-state index contributed by atoms with van der Waals surface area (Å²) in [6.07, 6.45) is 1.82. The molecule has 1 aromatic heterocycles. The normalized spacial score (nSPS) is 23.1. The van der Waals surface area contributed by atoms with Crippen molar-refractivity contribution >= 4 is 23.2 Å². The van der Waals surface area contributed by atoms with Gasteiger partial charge in [-0.1, -0.05) is 23.7 Å². The molecule has 0 aliphatic carbocycles. The third-order valence-corrected chi connectivity index (χ3v) is 4.64. The van der Waals surface area contributed by atoms with Gasteiger partial charge in [-0.3, -0.25) is 9.48 Å². The molecule has 3 N–H and O–H groups in total. The topological polar surface area (TPSA) is 90.6 Å². The number of anilines is 1. The van der Waals surface area contributed by atoms with Crippen LogP contribution in [0.3, 0.4) is 0 Å². The quantitative estimate of drug-likeness (QED) is 0.742. The lowest BCUT2D eigenvalue weighted by Crippen LogP contribution is -2.55. The fraction of sp³-hybridized carbons (Fsp3) is 0.375. The van der Waals surface area contributed by atoms with Crippen LogP contribution in [0.5, 0.6) is 0 Å². The minimum absolute atomic E-state index is 0.0346. The molecule has 1 aromatic carbocycles. The molecule has 2 atom stereocenters. The Morgan fingerprint density at radius 2 is 2.32 bits per heavy atom. The van der Waals surface area contributed by atoms with E-state index in [0.29, 0.717) is 5.69 Å². The van der Waals surface area contributed by atoms with Crippen molar-refractivity contribution in [2.24, 2.45) is 7.05 Å². The molecule has 0 radical (unpaired) electrons. The van der Waals surface area contributed by atoms with Crippen molar-refractivity contribution < 1.29 is 19.4 Å². The largest absolute Gasteiger partial charge is 0.376 e. The first kappa shape index (κ1) is 17.7. The molecular weight excluding hydrogens is 351 g/mol. The highest BCUT2D eigenvalue weighted by Gasteiger charge is 2.51. The number of hydrogen-bond donors (Lipinski definition) is 3. The summed E-state index contributed by atoms with van der Waals surface area (Å²) < 4.78 is 15.4. The van der Waals surface area contributed by atoms with Gasteiger partial charge in [0.25, 0.3) is 5.91 Å². The third-order valence-electron chi connectivity index (χ3n) is 4.34. The zero-order chi connectivity index (χ0) is 18.2. The van der Waals surface area contributed by atoms with Gasteiger partial charge in [0, 0.05) is 38.3 Å². The van der Waals surface area contributed by atoms with E-state index in [2.05, 4.69) is 10.4 Å². The minimum Gasteiger partial charge on any atom is -0.376 e. The van der Waals surface area contributed by atoms with Crippen LogP contribution in [0.15, 0.2) is 30.6 Å². The maximum Gasteiger partial charge on any atom is 0.257 e. The Labute approximate surface area is 148 Å². The van der Waals surface area contributed by atoms with E-state index >= 15 is 0 Å². The number of hydrogen-bond acceptors (Lipinski definition) is 5. The molecule has 0 bridgehead atoms. The van der Waals surface area contributed by atoms with E-state index in [-0.39, 0.29) is 30.1 Å². The zero-order valence-electron chi connectivity index (χ0n) is 13.5. The van der Waals surface area contributed by atoms with Crippen LogP contribution in [0.25, 0.3) is 0 Å². The van der Waals surface area contributed by atoms with Crippen molar-refractivity contribution in [2.45, 2.75) is 24.8 Å². The van der Waals surface area contributed by atoms with Crippen LogP contribution >= 0.6 is 11.6 Å². The Bertz CT molecular complexity index is 799. The molecule has 2 aromatic rings. The van der Waals surface area contributed by atoms with Gasteiger partial charge in [0.2, 0.25) is 0 Å². The van der Waals surface area contributed by atoms with E-state index in [0.717, 1.165) is 0 Å². The van der Waals surface area contributed by atoms with E-state index in [1.165, 1.54) is 23.2 Å². The van der Waals surface area contributed by atoms with Gasteiger partial charge in [-0.2, -0.15) is 5.10 Å². The SMILES string of the molecule is Cn1cc(N2CCC(O)(C(=O)NCc3cccc(Cl)c3F)C2O)cn1. The van der Waals surface area contributed by atoms with Crippen molar-refractivity contribution in [3.8, 4) is 0 Å². The third kappa shape index (κ3) is 3.20. The molecule has 2 unspecified atom stereocenters. The Morgan fingerprint density at radius 3 is 3.00 bits per heavy atom. The van der Waals surface area contributed by atoms with Gasteiger partial charge >= 0.3 is 0 Å². The first-order chi connectivity index (χ1) is 11.8. The number of carbonyl (C=O) groups is 1. The first-order valence-corrected chi connectivity index (χ1v) is 8.07. The summed E-state index contributed by atoms with van der Waals surface area (Å²) in [4.78, 5) is 13.9. The second kappa shape index (κ2) is 6.62. The second-order valence-electron chi connectivity index (χ2n) is 6.01. The van der Waals surface area contributed by atoms with Gasteiger partial charge in [0.15, 0.2) is 11.8 Å². The summed E-state index contributed by atoms with van der Waals surface area (Å²) in [6, 6.07) is 4.46. The number of aliphatic hydroxyl groups excluding tert-OH is 1. The summed E-state index contributed by atoms with van der Waals surface area (Å²) >= 11 is 5.70. The molecule has 9 heteroatoms. The minimum atomic E-state index is -2.00. The molecule has 1 aliphatic rings. The van der Waals surface area contributed by atoms with Gasteiger partial charge in [-0.05, 0) is 6.07 Å². The predicted octanol–water partition coefficient (Wildman–Crippen LogP) is 0.789. The average Bonchev–Trinajstić information content (AvgIpc) is 3.13. The fourth-order valence-corrected chi connectivity index (χ4v) is 3.07. The number of carbonyl (C=O) groups excluding carboxylic acids is 1.